The number of halogens is 1. The van der Waals surface area contributed by atoms with Crippen LogP contribution in [0.1, 0.15) is 11.1 Å². The van der Waals surface area contributed by atoms with E-state index in [9.17, 15) is 17.6 Å². The summed E-state index contributed by atoms with van der Waals surface area (Å²) in [6.07, 6.45) is 0. The van der Waals surface area contributed by atoms with E-state index < -0.39 is 9.84 Å². The lowest BCUT2D eigenvalue weighted by Crippen LogP contribution is -2.36. The number of rotatable bonds is 4. The van der Waals surface area contributed by atoms with Crippen molar-refractivity contribution in [1.82, 2.24) is 0 Å². The van der Waals surface area contributed by atoms with E-state index in [1.54, 1.807) is 24.0 Å². The summed E-state index contributed by atoms with van der Waals surface area (Å²) >= 11 is 1.40. The molecule has 2 aromatic rings. The van der Waals surface area contributed by atoms with Crippen molar-refractivity contribution in [3.05, 3.63) is 59.4 Å². The number of anilines is 2. The van der Waals surface area contributed by atoms with Crippen LogP contribution < -0.4 is 10.2 Å². The van der Waals surface area contributed by atoms with Gasteiger partial charge < -0.3 is 10.2 Å². The van der Waals surface area contributed by atoms with Gasteiger partial charge in [-0.05, 0) is 49.2 Å². The lowest BCUT2D eigenvalue weighted by Gasteiger charge is -2.24. The molecule has 0 bridgehead atoms. The molecule has 1 N–H and O–H groups in total. The van der Waals surface area contributed by atoms with Gasteiger partial charge in [0.1, 0.15) is 12.4 Å². The van der Waals surface area contributed by atoms with Crippen molar-refractivity contribution in [3.63, 3.8) is 0 Å². The molecule has 4 rings (SSSR count). The molecule has 0 aliphatic carbocycles. The van der Waals surface area contributed by atoms with E-state index in [1.165, 1.54) is 17.8 Å². The first kappa shape index (κ1) is 20.9. The number of amides is 1. The number of thioether (sulfide) groups is 1. The number of fused-ring (bicyclic) bond motifs is 1. The Bertz CT molecular complexity index is 1130. The first-order valence-corrected chi connectivity index (χ1v) is 12.3. The van der Waals surface area contributed by atoms with Gasteiger partial charge in [0.25, 0.3) is 0 Å². The molecule has 0 radical (unpaired) electrons. The topological polar surface area (TPSA) is 78.8 Å². The molecule has 6 nitrogen and oxygen atoms in total. The van der Waals surface area contributed by atoms with Gasteiger partial charge in [-0.15, -0.1) is 0 Å². The largest absolute Gasteiger partial charge is 0.324 e. The summed E-state index contributed by atoms with van der Waals surface area (Å²) in [4.78, 5) is 19.2. The number of carbonyl (C=O) groups is 1. The van der Waals surface area contributed by atoms with Crippen molar-refractivity contribution in [2.24, 2.45) is 4.99 Å². The number of hydrogen-bond acceptors (Lipinski definition) is 6. The molecule has 0 spiro atoms. The van der Waals surface area contributed by atoms with Gasteiger partial charge in [0, 0.05) is 16.6 Å². The normalized spacial score (nSPS) is 21.8. The van der Waals surface area contributed by atoms with Crippen LogP contribution in [0, 0.1) is 19.7 Å². The molecular formula is C21H22FN3O3S2. The Labute approximate surface area is 179 Å². The van der Waals surface area contributed by atoms with Crippen LogP contribution in [0.3, 0.4) is 0 Å². The third-order valence-electron chi connectivity index (χ3n) is 5.11. The molecule has 2 aliphatic rings. The van der Waals surface area contributed by atoms with E-state index in [4.69, 9.17) is 0 Å². The standard InChI is InChI=1S/C21H22FN3O3S2/c1-13-4-3-5-16(8-13)25(21-24-18-11-30(27,28)12-19(18)29-21)10-20(26)23-15-7-6-14(2)17(22)9-15/h3-9,18-19H,10-12H2,1-2H3,(H,23,26)/t18-,19+/m0/s1. The third kappa shape index (κ3) is 4.52. The summed E-state index contributed by atoms with van der Waals surface area (Å²) in [5.74, 6) is -0.544. The predicted molar refractivity (Wildman–Crippen MR) is 120 cm³/mol. The molecule has 0 unspecified atom stereocenters. The minimum absolute atomic E-state index is 0.0169. The number of aliphatic imine (C=N–C) groups is 1. The average Bonchev–Trinajstić information content (AvgIpc) is 3.16. The quantitative estimate of drug-likeness (QED) is 0.779. The summed E-state index contributed by atoms with van der Waals surface area (Å²) < 4.78 is 37.6. The van der Waals surface area contributed by atoms with Crippen LogP contribution in [0.15, 0.2) is 47.5 Å². The Hall–Kier alpha value is -2.39. The van der Waals surface area contributed by atoms with Crippen molar-refractivity contribution < 1.29 is 17.6 Å². The van der Waals surface area contributed by atoms with Crippen LogP contribution in [0.5, 0.6) is 0 Å². The number of carbonyl (C=O) groups excluding carboxylic acids is 1. The molecular weight excluding hydrogens is 425 g/mol. The number of aryl methyl sites for hydroxylation is 2. The second-order valence-corrected chi connectivity index (χ2v) is 11.0. The molecule has 2 atom stereocenters. The van der Waals surface area contributed by atoms with E-state index >= 15 is 0 Å². The third-order valence-corrected chi connectivity index (χ3v) is 8.35. The zero-order valence-corrected chi connectivity index (χ0v) is 18.3. The predicted octanol–water partition coefficient (Wildman–Crippen LogP) is 3.16. The van der Waals surface area contributed by atoms with E-state index in [-0.39, 0.29) is 41.1 Å². The van der Waals surface area contributed by atoms with Crippen LogP contribution in [-0.4, -0.2) is 48.8 Å². The number of nitrogens with zero attached hydrogens (tertiary/aromatic N) is 2. The number of amidine groups is 1. The number of sulfone groups is 1. The average molecular weight is 448 g/mol. The number of hydrogen-bond donors (Lipinski definition) is 1. The second-order valence-electron chi connectivity index (χ2n) is 7.65. The highest BCUT2D eigenvalue weighted by Crippen LogP contribution is 2.36. The molecule has 0 aromatic heterocycles. The smallest absolute Gasteiger partial charge is 0.244 e. The summed E-state index contributed by atoms with van der Waals surface area (Å²) in [7, 11) is -3.06. The van der Waals surface area contributed by atoms with E-state index in [0.29, 0.717) is 16.4 Å². The minimum Gasteiger partial charge on any atom is -0.324 e. The first-order chi connectivity index (χ1) is 14.2. The fourth-order valence-electron chi connectivity index (χ4n) is 3.55. The highest BCUT2D eigenvalue weighted by atomic mass is 32.2. The summed E-state index contributed by atoms with van der Waals surface area (Å²) in [5, 5.41) is 3.25. The Morgan fingerprint density at radius 2 is 2.03 bits per heavy atom. The molecule has 30 heavy (non-hydrogen) atoms. The zero-order chi connectivity index (χ0) is 21.5. The fourth-order valence-corrected chi connectivity index (χ4v) is 7.33. The van der Waals surface area contributed by atoms with Gasteiger partial charge in [-0.2, -0.15) is 0 Å². The van der Waals surface area contributed by atoms with E-state index in [0.717, 1.165) is 11.3 Å². The maximum atomic E-state index is 13.8. The van der Waals surface area contributed by atoms with Gasteiger partial charge in [-0.3, -0.25) is 9.79 Å². The van der Waals surface area contributed by atoms with Crippen molar-refractivity contribution in [2.75, 3.05) is 28.3 Å². The van der Waals surface area contributed by atoms with Gasteiger partial charge in [0.15, 0.2) is 15.0 Å². The maximum absolute atomic E-state index is 13.8. The van der Waals surface area contributed by atoms with Crippen molar-refractivity contribution >= 4 is 44.0 Å². The van der Waals surface area contributed by atoms with E-state index in [2.05, 4.69) is 10.3 Å². The highest BCUT2D eigenvalue weighted by molar-refractivity contribution is 8.15. The van der Waals surface area contributed by atoms with Gasteiger partial charge in [-0.25, -0.2) is 12.8 Å². The minimum atomic E-state index is -3.06. The number of nitrogens with one attached hydrogen (secondary N) is 1. The van der Waals surface area contributed by atoms with Crippen LogP contribution >= 0.6 is 11.8 Å². The van der Waals surface area contributed by atoms with Gasteiger partial charge >= 0.3 is 0 Å². The van der Waals surface area contributed by atoms with E-state index in [1.807, 2.05) is 31.2 Å². The molecule has 2 heterocycles. The Kier molecular flexibility index (Phi) is 5.59. The number of benzene rings is 2. The molecule has 0 saturated carbocycles. The van der Waals surface area contributed by atoms with Gasteiger partial charge in [-0.1, -0.05) is 30.0 Å². The maximum Gasteiger partial charge on any atom is 0.244 e. The van der Waals surface area contributed by atoms with Gasteiger partial charge in [0.05, 0.1) is 17.5 Å². The van der Waals surface area contributed by atoms with Crippen LogP contribution in [0.4, 0.5) is 15.8 Å². The van der Waals surface area contributed by atoms with Crippen LogP contribution in [0.25, 0.3) is 0 Å². The molecule has 2 aliphatic heterocycles. The molecule has 158 valence electrons. The summed E-state index contributed by atoms with van der Waals surface area (Å²) in [6.45, 7) is 3.60. The first-order valence-electron chi connectivity index (χ1n) is 9.55. The lowest BCUT2D eigenvalue weighted by molar-refractivity contribution is -0.114. The Morgan fingerprint density at radius 3 is 2.73 bits per heavy atom. The summed E-state index contributed by atoms with van der Waals surface area (Å²) in [5.41, 5.74) is 2.73. The lowest BCUT2D eigenvalue weighted by atomic mass is 10.2. The van der Waals surface area contributed by atoms with Crippen molar-refractivity contribution in [3.8, 4) is 0 Å². The molecule has 1 amide bonds. The molecule has 1 saturated heterocycles. The monoisotopic (exact) mass is 447 g/mol. The highest BCUT2D eigenvalue weighted by Gasteiger charge is 2.44. The van der Waals surface area contributed by atoms with Crippen LogP contribution in [-0.2, 0) is 14.6 Å². The molecule has 2 aromatic carbocycles. The summed E-state index contributed by atoms with van der Waals surface area (Å²) in [6, 6.07) is 12.0. The Balaban J connectivity index is 1.57. The SMILES string of the molecule is Cc1cccc(N(CC(=O)Nc2ccc(C)c(F)c2)C2=N[C@H]3CS(=O)(=O)C[C@H]3S2)c1. The fraction of sp³-hybridized carbons (Fsp3) is 0.333. The second kappa shape index (κ2) is 8.03. The van der Waals surface area contributed by atoms with Crippen molar-refractivity contribution in [1.29, 1.82) is 0 Å². The van der Waals surface area contributed by atoms with Crippen molar-refractivity contribution in [2.45, 2.75) is 25.1 Å². The molecule has 1 fully saturated rings. The van der Waals surface area contributed by atoms with Crippen LogP contribution in [0.2, 0.25) is 0 Å². The Morgan fingerprint density at radius 1 is 1.23 bits per heavy atom. The van der Waals surface area contributed by atoms with Gasteiger partial charge in [0.2, 0.25) is 5.91 Å². The molecule has 9 heteroatoms. The zero-order valence-electron chi connectivity index (χ0n) is 16.6.